The van der Waals surface area contributed by atoms with Crippen LogP contribution in [0.3, 0.4) is 0 Å². The van der Waals surface area contributed by atoms with Gasteiger partial charge in [-0.1, -0.05) is 20.4 Å². The van der Waals surface area contributed by atoms with Gasteiger partial charge in [0.25, 0.3) is 0 Å². The first-order valence-corrected chi connectivity index (χ1v) is 3.16. The van der Waals surface area contributed by atoms with Crippen molar-refractivity contribution >= 4 is 14.0 Å². The molecule has 0 aliphatic carbocycles. The second-order valence-corrected chi connectivity index (χ2v) is 1.73. The van der Waals surface area contributed by atoms with Crippen LogP contribution in [0.2, 0.25) is 0 Å². The van der Waals surface area contributed by atoms with Crippen molar-refractivity contribution < 1.29 is 31.0 Å². The third-order valence-electron chi connectivity index (χ3n) is 0.455. The Hall–Kier alpha value is -0.351. The average molecular weight is 222 g/mol. The van der Waals surface area contributed by atoms with Crippen molar-refractivity contribution in [1.82, 2.24) is 0 Å². The van der Waals surface area contributed by atoms with Crippen molar-refractivity contribution in [3.05, 3.63) is 38.3 Å². The third-order valence-corrected chi connectivity index (χ3v) is 1.14. The second-order valence-electron chi connectivity index (χ2n) is 0.832. The van der Waals surface area contributed by atoms with Gasteiger partial charge in [0.2, 0.25) is 0 Å². The van der Waals surface area contributed by atoms with Crippen LogP contribution in [0, 0.1) is 26.1 Å². The molecule has 0 saturated heterocycles. The number of rotatable bonds is 0. The van der Waals surface area contributed by atoms with Crippen molar-refractivity contribution in [2.45, 2.75) is 0 Å². The van der Waals surface area contributed by atoms with E-state index in [0.717, 1.165) is 0 Å². The maximum absolute atomic E-state index is 7.50. The standard InChI is InChI=1S/C4H4P.3CO.Mn/c1-2-4-5-3-1;3*1-2;/h1-4H;;;;. The molecule has 62 valence electrons. The van der Waals surface area contributed by atoms with E-state index in [1.807, 2.05) is 12.2 Å². The molecule has 3 nitrogen and oxygen atoms in total. The largest absolute Gasteiger partial charge is 0.0956 e. The molecule has 0 fully saturated rings. The van der Waals surface area contributed by atoms with Crippen molar-refractivity contribution in [2.24, 2.45) is 0 Å². The van der Waals surface area contributed by atoms with Crippen LogP contribution in [0.5, 0.6) is 0 Å². The van der Waals surface area contributed by atoms with Crippen LogP contribution in [0.15, 0.2) is 12.2 Å². The maximum Gasteiger partial charge on any atom is 0.0331 e. The molecule has 0 amide bonds. The molecule has 2 radical (unpaired) electrons. The van der Waals surface area contributed by atoms with Crippen molar-refractivity contribution in [3.8, 4) is 0 Å². The minimum atomic E-state index is 0. The Labute approximate surface area is 83.7 Å². The van der Waals surface area contributed by atoms with Gasteiger partial charge in [-0.05, 0) is 5.80 Å². The van der Waals surface area contributed by atoms with E-state index in [0.29, 0.717) is 0 Å². The molecule has 1 aliphatic heterocycles. The monoisotopic (exact) mass is 222 g/mol. The maximum atomic E-state index is 7.50. The van der Waals surface area contributed by atoms with Gasteiger partial charge < -0.3 is 0 Å². The molecule has 0 N–H and O–H groups in total. The molecule has 0 unspecified atom stereocenters. The summed E-state index contributed by atoms with van der Waals surface area (Å²) in [7, 11) is 1.33. The molecular weight excluding hydrogens is 218 g/mol. The second kappa shape index (κ2) is 45.9. The number of allylic oxidation sites excluding steroid dienone is 2. The molecule has 1 heterocycles. The predicted octanol–water partition coefficient (Wildman–Crippen LogP) is 1.35. The number of hydrogen-bond acceptors (Lipinski definition) is 0. The Morgan fingerprint density at radius 2 is 1.25 bits per heavy atom. The van der Waals surface area contributed by atoms with Crippen molar-refractivity contribution in [1.29, 1.82) is 0 Å². The minimum Gasteiger partial charge on any atom is -0.0956 e. The van der Waals surface area contributed by atoms with Gasteiger partial charge >= 0.3 is 33.9 Å². The summed E-state index contributed by atoms with van der Waals surface area (Å²) < 4.78 is 22.5. The summed E-state index contributed by atoms with van der Waals surface area (Å²) in [6, 6.07) is 0. The van der Waals surface area contributed by atoms with Gasteiger partial charge in [-0.15, -0.1) is 0 Å². The van der Waals surface area contributed by atoms with Gasteiger partial charge in [-0.25, -0.2) is 0 Å². The minimum absolute atomic E-state index is 0. The topological polar surface area (TPSA) is 59.7 Å². The molecule has 12 heavy (non-hydrogen) atoms. The van der Waals surface area contributed by atoms with E-state index in [-0.39, 0.29) is 17.1 Å². The van der Waals surface area contributed by atoms with Crippen LogP contribution in [-0.4, -0.2) is 5.80 Å². The van der Waals surface area contributed by atoms with Crippen LogP contribution in [0.4, 0.5) is 0 Å². The molecule has 0 aromatic heterocycles. The zero-order chi connectivity index (χ0) is 9.54. The van der Waals surface area contributed by atoms with Gasteiger partial charge in [0.1, 0.15) is 0 Å². The van der Waals surface area contributed by atoms with Crippen LogP contribution in [-0.2, 0) is 31.0 Å². The summed E-state index contributed by atoms with van der Waals surface area (Å²) >= 11 is 0. The van der Waals surface area contributed by atoms with Gasteiger partial charge in [0.15, 0.2) is 0 Å². The Bertz CT molecular complexity index is 145. The predicted molar refractivity (Wildman–Crippen MR) is 38.2 cm³/mol. The summed E-state index contributed by atoms with van der Waals surface area (Å²) in [4.78, 5) is 0. The quantitative estimate of drug-likeness (QED) is 0.257. The zero-order valence-electron chi connectivity index (χ0n) is 5.86. The molecule has 0 atom stereocenters. The molecular formula is C7H4MnO3P. The third kappa shape index (κ3) is 33.4. The first-order chi connectivity index (χ1) is 5.50. The molecule has 0 aromatic carbocycles. The van der Waals surface area contributed by atoms with E-state index in [4.69, 9.17) is 14.0 Å². The Balaban J connectivity index is -0.0000000406. The Morgan fingerprint density at radius 1 is 0.833 bits per heavy atom. The van der Waals surface area contributed by atoms with Crippen LogP contribution < -0.4 is 0 Å². The smallest absolute Gasteiger partial charge is 0.0331 e. The Kier molecular flexibility index (Phi) is 86.3. The van der Waals surface area contributed by atoms with Gasteiger partial charge in [0, 0.05) is 23.2 Å². The molecule has 0 spiro atoms. The van der Waals surface area contributed by atoms with Crippen molar-refractivity contribution in [2.75, 3.05) is 0 Å². The fourth-order valence-electron chi connectivity index (χ4n) is 0.248. The molecule has 1 rings (SSSR count). The number of hydrogen-bond donors (Lipinski definition) is 0. The van der Waals surface area contributed by atoms with E-state index >= 15 is 0 Å². The van der Waals surface area contributed by atoms with E-state index in [2.05, 4.69) is 31.9 Å². The molecule has 1 aliphatic rings. The summed E-state index contributed by atoms with van der Waals surface area (Å²) in [5, 5.41) is 0. The van der Waals surface area contributed by atoms with Gasteiger partial charge in [0.05, 0.1) is 0 Å². The summed E-state index contributed by atoms with van der Waals surface area (Å²) in [6.07, 6.45) is 6.18. The zero-order valence-corrected chi connectivity index (χ0v) is 7.93. The van der Waals surface area contributed by atoms with E-state index in [9.17, 15) is 0 Å². The fourth-order valence-corrected chi connectivity index (χ4v) is 0.745. The molecule has 0 aromatic rings. The first kappa shape index (κ1) is 22.6. The molecule has 0 bridgehead atoms. The molecule has 5 heteroatoms. The van der Waals surface area contributed by atoms with Crippen LogP contribution in [0.1, 0.15) is 0 Å². The normalized spacial score (nSPS) is 9.17. The van der Waals surface area contributed by atoms with E-state index in [1.54, 1.807) is 0 Å². The Morgan fingerprint density at radius 3 is 1.33 bits per heavy atom. The van der Waals surface area contributed by atoms with Crippen LogP contribution in [0.25, 0.3) is 0 Å². The van der Waals surface area contributed by atoms with Crippen molar-refractivity contribution in [3.63, 3.8) is 0 Å². The first-order valence-electron chi connectivity index (χ1n) is 2.13. The van der Waals surface area contributed by atoms with E-state index in [1.165, 1.54) is 8.20 Å². The van der Waals surface area contributed by atoms with Gasteiger partial charge in [-0.3, -0.25) is 0 Å². The summed E-state index contributed by atoms with van der Waals surface area (Å²) in [5.41, 5.74) is 0. The summed E-state index contributed by atoms with van der Waals surface area (Å²) in [5.74, 6) is 2.10. The summed E-state index contributed by atoms with van der Waals surface area (Å²) in [6.45, 7) is 13.5. The van der Waals surface area contributed by atoms with Crippen LogP contribution >= 0.6 is 8.20 Å². The molecule has 0 saturated carbocycles. The SMILES string of the molecule is [C-]#[O+].[C-]#[O+].[C-]#[O+].[CH]1C=CC=P1.[Mn]. The average Bonchev–Trinajstić information content (AvgIpc) is 2.71. The van der Waals surface area contributed by atoms with Gasteiger partial charge in [-0.2, -0.15) is 0 Å². The van der Waals surface area contributed by atoms with E-state index < -0.39 is 0 Å². The fraction of sp³-hybridized carbons (Fsp3) is 0.